The summed E-state index contributed by atoms with van der Waals surface area (Å²) < 4.78 is 0. The molecule has 0 spiro atoms. The molecule has 0 aliphatic rings. The molecule has 0 saturated carbocycles. The number of amides is 1. The van der Waals surface area contributed by atoms with E-state index in [0.29, 0.717) is 12.2 Å². The average molecular weight is 266 g/mol. The number of nitrogens with zero attached hydrogens (tertiary/aromatic N) is 3. The van der Waals surface area contributed by atoms with Gasteiger partial charge in [0.15, 0.2) is 5.69 Å². The number of pyridine rings is 1. The van der Waals surface area contributed by atoms with E-state index in [1.807, 2.05) is 42.5 Å². The summed E-state index contributed by atoms with van der Waals surface area (Å²) >= 11 is 0. The summed E-state index contributed by atoms with van der Waals surface area (Å²) in [5.74, 6) is -0.117. The van der Waals surface area contributed by atoms with E-state index in [9.17, 15) is 4.79 Å². The van der Waals surface area contributed by atoms with Crippen LogP contribution in [0.2, 0.25) is 0 Å². The van der Waals surface area contributed by atoms with Crippen molar-refractivity contribution in [1.82, 2.24) is 20.1 Å². The number of para-hydroxylation sites is 1. The number of aromatic nitrogens is 3. The molecule has 0 aliphatic heterocycles. The van der Waals surface area contributed by atoms with E-state index in [1.54, 1.807) is 18.1 Å². The largest absolute Gasteiger partial charge is 0.334 e. The Morgan fingerprint density at radius 1 is 1.20 bits per heavy atom. The van der Waals surface area contributed by atoms with Crippen LogP contribution in [-0.4, -0.2) is 33.0 Å². The zero-order valence-electron chi connectivity index (χ0n) is 11.1. The lowest BCUT2D eigenvalue weighted by atomic mass is 10.2. The van der Waals surface area contributed by atoms with Crippen LogP contribution in [0.25, 0.3) is 10.9 Å². The summed E-state index contributed by atoms with van der Waals surface area (Å²) in [5.41, 5.74) is 2.16. The number of hydrogen-bond acceptors (Lipinski definition) is 3. The number of carbonyl (C=O) groups excluding carboxylic acids is 1. The lowest BCUT2D eigenvalue weighted by Gasteiger charge is -2.15. The van der Waals surface area contributed by atoms with E-state index in [2.05, 4.69) is 15.2 Å². The van der Waals surface area contributed by atoms with Gasteiger partial charge in [-0.3, -0.25) is 14.9 Å². The number of aromatic amines is 1. The Labute approximate surface area is 116 Å². The molecule has 0 bridgehead atoms. The smallest absolute Gasteiger partial charge is 0.275 e. The van der Waals surface area contributed by atoms with E-state index >= 15 is 0 Å². The van der Waals surface area contributed by atoms with Gasteiger partial charge in [0.2, 0.25) is 0 Å². The minimum absolute atomic E-state index is 0.117. The van der Waals surface area contributed by atoms with Gasteiger partial charge in [-0.15, -0.1) is 0 Å². The molecule has 0 fully saturated rings. The molecular weight excluding hydrogens is 252 g/mol. The maximum Gasteiger partial charge on any atom is 0.275 e. The molecule has 20 heavy (non-hydrogen) atoms. The molecule has 1 amide bonds. The van der Waals surface area contributed by atoms with E-state index in [0.717, 1.165) is 16.6 Å². The Kier molecular flexibility index (Phi) is 3.16. The first-order valence-electron chi connectivity index (χ1n) is 6.34. The van der Waals surface area contributed by atoms with Crippen molar-refractivity contribution in [3.63, 3.8) is 0 Å². The second kappa shape index (κ2) is 5.13. The lowest BCUT2D eigenvalue weighted by molar-refractivity contribution is 0.0779. The van der Waals surface area contributed by atoms with E-state index in [-0.39, 0.29) is 5.91 Å². The highest BCUT2D eigenvalue weighted by atomic mass is 16.2. The first kappa shape index (κ1) is 12.3. The molecule has 1 N–H and O–H groups in total. The summed E-state index contributed by atoms with van der Waals surface area (Å²) in [5, 5.41) is 7.83. The summed E-state index contributed by atoms with van der Waals surface area (Å²) in [6.45, 7) is 0.459. The van der Waals surface area contributed by atoms with Gasteiger partial charge < -0.3 is 4.90 Å². The van der Waals surface area contributed by atoms with Crippen molar-refractivity contribution in [2.75, 3.05) is 7.05 Å². The summed E-state index contributed by atoms with van der Waals surface area (Å²) in [4.78, 5) is 18.3. The molecule has 2 aromatic heterocycles. The van der Waals surface area contributed by atoms with Gasteiger partial charge in [-0.25, -0.2) is 0 Å². The predicted octanol–water partition coefficient (Wildman–Crippen LogP) is 2.23. The highest BCUT2D eigenvalue weighted by molar-refractivity contribution is 6.04. The van der Waals surface area contributed by atoms with Crippen LogP contribution < -0.4 is 0 Å². The third-order valence-corrected chi connectivity index (χ3v) is 3.14. The van der Waals surface area contributed by atoms with Crippen LogP contribution in [0.3, 0.4) is 0 Å². The fourth-order valence-corrected chi connectivity index (χ4v) is 2.11. The van der Waals surface area contributed by atoms with Gasteiger partial charge in [0, 0.05) is 18.6 Å². The number of hydrogen-bond donors (Lipinski definition) is 1. The summed E-state index contributed by atoms with van der Waals surface area (Å²) in [6, 6.07) is 13.3. The van der Waals surface area contributed by atoms with Crippen molar-refractivity contribution in [3.8, 4) is 0 Å². The second-order valence-electron chi connectivity index (χ2n) is 4.60. The Bertz CT molecular complexity index is 736. The van der Waals surface area contributed by atoms with Crippen molar-refractivity contribution in [1.29, 1.82) is 0 Å². The number of carbonyl (C=O) groups is 1. The van der Waals surface area contributed by atoms with Crippen molar-refractivity contribution < 1.29 is 4.79 Å². The third kappa shape index (κ3) is 2.25. The molecule has 0 saturated heterocycles. The molecule has 2 heterocycles. The third-order valence-electron chi connectivity index (χ3n) is 3.14. The predicted molar refractivity (Wildman–Crippen MR) is 76.1 cm³/mol. The van der Waals surface area contributed by atoms with Crippen LogP contribution >= 0.6 is 0 Å². The summed E-state index contributed by atoms with van der Waals surface area (Å²) in [7, 11) is 1.75. The normalized spacial score (nSPS) is 10.7. The van der Waals surface area contributed by atoms with Crippen molar-refractivity contribution >= 4 is 16.8 Å². The molecule has 100 valence electrons. The Balaban J connectivity index is 1.85. The van der Waals surface area contributed by atoms with Crippen LogP contribution in [0.5, 0.6) is 0 Å². The number of benzene rings is 1. The van der Waals surface area contributed by atoms with Crippen LogP contribution in [-0.2, 0) is 6.54 Å². The van der Waals surface area contributed by atoms with Gasteiger partial charge in [0.1, 0.15) is 0 Å². The highest BCUT2D eigenvalue weighted by Crippen LogP contribution is 2.17. The average Bonchev–Trinajstić information content (AvgIpc) is 2.91. The zero-order chi connectivity index (χ0) is 13.9. The van der Waals surface area contributed by atoms with Crippen molar-refractivity contribution in [2.45, 2.75) is 6.54 Å². The molecule has 5 nitrogen and oxygen atoms in total. The van der Waals surface area contributed by atoms with Crippen LogP contribution in [0.15, 0.2) is 48.7 Å². The number of H-pyrrole nitrogens is 1. The second-order valence-corrected chi connectivity index (χ2v) is 4.60. The first-order chi connectivity index (χ1) is 9.75. The van der Waals surface area contributed by atoms with E-state index in [4.69, 9.17) is 0 Å². The Morgan fingerprint density at radius 3 is 2.80 bits per heavy atom. The molecule has 0 atom stereocenters. The molecule has 0 aliphatic carbocycles. The van der Waals surface area contributed by atoms with Gasteiger partial charge in [-0.2, -0.15) is 5.10 Å². The Hall–Kier alpha value is -2.69. The van der Waals surface area contributed by atoms with Crippen LogP contribution in [0.4, 0.5) is 0 Å². The van der Waals surface area contributed by atoms with Gasteiger partial charge >= 0.3 is 0 Å². The topological polar surface area (TPSA) is 61.9 Å². The first-order valence-corrected chi connectivity index (χ1v) is 6.34. The van der Waals surface area contributed by atoms with Crippen molar-refractivity contribution in [3.05, 3.63) is 60.0 Å². The molecule has 3 aromatic rings. The minimum Gasteiger partial charge on any atom is -0.334 e. The fourth-order valence-electron chi connectivity index (χ4n) is 2.11. The van der Waals surface area contributed by atoms with Gasteiger partial charge in [-0.05, 0) is 18.2 Å². The van der Waals surface area contributed by atoms with Crippen LogP contribution in [0, 0.1) is 0 Å². The quantitative estimate of drug-likeness (QED) is 0.790. The van der Waals surface area contributed by atoms with Gasteiger partial charge in [-0.1, -0.05) is 24.3 Å². The maximum absolute atomic E-state index is 12.4. The van der Waals surface area contributed by atoms with Crippen LogP contribution in [0.1, 0.15) is 16.2 Å². The Morgan fingerprint density at radius 2 is 2.00 bits per heavy atom. The highest BCUT2D eigenvalue weighted by Gasteiger charge is 2.18. The van der Waals surface area contributed by atoms with Gasteiger partial charge in [0.05, 0.1) is 17.8 Å². The number of fused-ring (bicyclic) bond motifs is 1. The monoisotopic (exact) mass is 266 g/mol. The molecule has 0 radical (unpaired) electrons. The standard InChI is InChI=1S/C15H14N4O/c1-19(10-11-6-4-5-9-16-11)15(20)14-12-7-2-3-8-13(12)17-18-14/h2-9H,10H2,1H3,(H,17,18). The number of nitrogens with one attached hydrogen (secondary N) is 1. The van der Waals surface area contributed by atoms with E-state index < -0.39 is 0 Å². The summed E-state index contributed by atoms with van der Waals surface area (Å²) in [6.07, 6.45) is 1.72. The maximum atomic E-state index is 12.4. The molecule has 5 heteroatoms. The molecule has 1 aromatic carbocycles. The molecule has 3 rings (SSSR count). The molecular formula is C15H14N4O. The lowest BCUT2D eigenvalue weighted by Crippen LogP contribution is -2.27. The van der Waals surface area contributed by atoms with Gasteiger partial charge in [0.25, 0.3) is 5.91 Å². The molecule has 0 unspecified atom stereocenters. The zero-order valence-corrected chi connectivity index (χ0v) is 11.1. The minimum atomic E-state index is -0.117. The number of rotatable bonds is 3. The van der Waals surface area contributed by atoms with Crippen molar-refractivity contribution in [2.24, 2.45) is 0 Å². The fraction of sp³-hybridized carbons (Fsp3) is 0.133. The van der Waals surface area contributed by atoms with E-state index in [1.165, 1.54) is 0 Å². The SMILES string of the molecule is CN(Cc1ccccn1)C(=O)c1n[nH]c2ccccc12.